The van der Waals surface area contributed by atoms with E-state index in [0.29, 0.717) is 12.1 Å². The van der Waals surface area contributed by atoms with E-state index in [0.717, 1.165) is 58.5 Å². The lowest BCUT2D eigenvalue weighted by molar-refractivity contribution is 0.180. The number of nitrogens with zero attached hydrogens (tertiary/aromatic N) is 8. The van der Waals surface area contributed by atoms with E-state index in [2.05, 4.69) is 274 Å². The fourth-order valence-electron chi connectivity index (χ4n) is 13.4. The molecule has 0 radical (unpaired) electrons. The maximum absolute atomic E-state index is 3.43. The largest absolute Gasteiger partial charge is 0.338 e. The Hall–Kier alpha value is -5.84. The van der Waals surface area contributed by atoms with Gasteiger partial charge in [0.05, 0.1) is 58.8 Å². The van der Waals surface area contributed by atoms with Crippen molar-refractivity contribution in [1.82, 2.24) is 24.9 Å². The highest BCUT2D eigenvalue weighted by Gasteiger charge is 2.31. The van der Waals surface area contributed by atoms with E-state index in [9.17, 15) is 0 Å². The van der Waals surface area contributed by atoms with Crippen LogP contribution in [0.1, 0.15) is 78.1 Å². The van der Waals surface area contributed by atoms with Crippen LogP contribution in [0.4, 0.5) is 45.5 Å². The van der Waals surface area contributed by atoms with Crippen LogP contribution in [-0.4, -0.2) is 125 Å². The van der Waals surface area contributed by atoms with Crippen molar-refractivity contribution >= 4 is 92.5 Å². The average molecular weight is 1270 g/mol. The number of fused-ring (bicyclic) bond motifs is 8. The Kier molecular flexibility index (Phi) is 22.6. The van der Waals surface area contributed by atoms with Gasteiger partial charge in [0.1, 0.15) is 0 Å². The predicted octanol–water partition coefficient (Wildman–Crippen LogP) is 19.1. The first kappa shape index (κ1) is 64.3. The number of hydrogen-bond acceptors (Lipinski definition) is 13. The van der Waals surface area contributed by atoms with Crippen LogP contribution >= 0.6 is 47.0 Å². The summed E-state index contributed by atoms with van der Waals surface area (Å²) in [7, 11) is 6.56. The maximum atomic E-state index is 3.43. The number of likely N-dealkylation sites (N-methyl/N-ethyl adjacent to an activating group) is 2. The highest BCUT2D eigenvalue weighted by atomic mass is 32.2. The van der Waals surface area contributed by atoms with Gasteiger partial charge in [-0.3, -0.25) is 9.80 Å². The molecule has 2 atom stereocenters. The fourth-order valence-corrected chi connectivity index (χ4v) is 17.7. The Morgan fingerprint density at radius 3 is 1.14 bits per heavy atom. The van der Waals surface area contributed by atoms with E-state index >= 15 is 0 Å². The molecule has 0 saturated carbocycles. The highest BCUT2D eigenvalue weighted by Crippen LogP contribution is 2.52. The summed E-state index contributed by atoms with van der Waals surface area (Å²) in [5.74, 6) is 0.953. The number of piperidine rings is 2. The van der Waals surface area contributed by atoms with Crippen LogP contribution < -0.4 is 24.9 Å². The van der Waals surface area contributed by atoms with Gasteiger partial charge in [0, 0.05) is 104 Å². The third-order valence-corrected chi connectivity index (χ3v) is 23.4. The van der Waals surface area contributed by atoms with Gasteiger partial charge in [0.25, 0.3) is 0 Å². The van der Waals surface area contributed by atoms with Gasteiger partial charge in [-0.05, 0) is 163 Å². The molecule has 90 heavy (non-hydrogen) atoms. The van der Waals surface area contributed by atoms with E-state index in [-0.39, 0.29) is 0 Å². The molecule has 0 aliphatic carbocycles. The maximum Gasteiger partial charge on any atom is 0.0758 e. The predicted molar refractivity (Wildman–Crippen MR) is 387 cm³/mol. The van der Waals surface area contributed by atoms with Crippen LogP contribution in [0, 0.1) is 5.92 Å². The first-order valence-electron chi connectivity index (χ1n) is 33.3. The third-order valence-electron chi connectivity index (χ3n) is 18.8. The number of likely N-dealkylation sites (tertiary alicyclic amines) is 2. The van der Waals surface area contributed by atoms with Crippen LogP contribution in [-0.2, 0) is 0 Å². The summed E-state index contributed by atoms with van der Waals surface area (Å²) < 4.78 is 0. The zero-order chi connectivity index (χ0) is 61.6. The molecule has 2 unspecified atom stereocenters. The monoisotopic (exact) mass is 1270 g/mol. The Morgan fingerprint density at radius 1 is 0.422 bits per heavy atom. The summed E-state index contributed by atoms with van der Waals surface area (Å²) in [5, 5.41) is 3.43. The van der Waals surface area contributed by atoms with E-state index in [1.165, 1.54) is 169 Å². The minimum Gasteiger partial charge on any atom is -0.338 e. The average Bonchev–Trinajstić information content (AvgIpc) is 0.869. The molecule has 0 spiro atoms. The summed E-state index contributed by atoms with van der Waals surface area (Å²) >= 11 is 7.54. The number of rotatable bonds is 14. The van der Waals surface area contributed by atoms with Gasteiger partial charge in [-0.1, -0.05) is 190 Å². The quantitative estimate of drug-likeness (QED) is 0.105. The van der Waals surface area contributed by atoms with Crippen molar-refractivity contribution < 1.29 is 0 Å². The molecular formula is C77H93N9S4. The number of anilines is 8. The number of para-hydroxylation sites is 8. The molecule has 3 saturated heterocycles. The third kappa shape index (κ3) is 15.8. The SMILES string of the molecule is CC(CN1c2ccccc2Sc2ccccc21)N(C)C.CCCCCCC1CCN(CN2c3ccccc3Sc3ccccc32)CC1.CN1CCCCC1CN1c2ccccc2Sc2ccccc21.c1ccc2c(c1)Sc1ccccc1N2CN1CCNCC1. The van der Waals surface area contributed by atoms with Gasteiger partial charge in [0.2, 0.25) is 0 Å². The molecule has 7 aliphatic rings. The summed E-state index contributed by atoms with van der Waals surface area (Å²) in [6.45, 7) is 16.8. The van der Waals surface area contributed by atoms with Crippen molar-refractivity contribution in [2.45, 2.75) is 129 Å². The van der Waals surface area contributed by atoms with Crippen molar-refractivity contribution in [2.75, 3.05) is 113 Å². The summed E-state index contributed by atoms with van der Waals surface area (Å²) in [6.07, 6.45) is 13.8. The summed E-state index contributed by atoms with van der Waals surface area (Å²) in [5.41, 5.74) is 10.8. The molecule has 9 nitrogen and oxygen atoms in total. The van der Waals surface area contributed by atoms with Crippen molar-refractivity contribution in [3.8, 4) is 0 Å². The zero-order valence-corrected chi connectivity index (χ0v) is 57.0. The molecule has 470 valence electrons. The molecular weight excluding hydrogens is 1180 g/mol. The van der Waals surface area contributed by atoms with Crippen molar-refractivity contribution in [3.63, 3.8) is 0 Å². The minimum atomic E-state index is 0.499. The summed E-state index contributed by atoms with van der Waals surface area (Å²) in [4.78, 5) is 30.9. The zero-order valence-electron chi connectivity index (χ0n) is 53.8. The summed E-state index contributed by atoms with van der Waals surface area (Å²) in [6, 6.07) is 71.3. The second-order valence-electron chi connectivity index (χ2n) is 25.2. The molecule has 1 N–H and O–H groups in total. The fraction of sp³-hybridized carbons (Fsp3) is 0.377. The lowest BCUT2D eigenvalue weighted by Crippen LogP contribution is -2.47. The van der Waals surface area contributed by atoms with Gasteiger partial charge < -0.3 is 34.7 Å². The Morgan fingerprint density at radius 2 is 0.778 bits per heavy atom. The van der Waals surface area contributed by atoms with E-state index < -0.39 is 0 Å². The molecule has 0 amide bonds. The van der Waals surface area contributed by atoms with Gasteiger partial charge in [-0.2, -0.15) is 0 Å². The second kappa shape index (κ2) is 31.7. The Balaban J connectivity index is 0.000000117. The molecule has 7 heterocycles. The van der Waals surface area contributed by atoms with Crippen LogP contribution in [0.2, 0.25) is 0 Å². The first-order chi connectivity index (χ1) is 44.3. The van der Waals surface area contributed by atoms with Gasteiger partial charge >= 0.3 is 0 Å². The van der Waals surface area contributed by atoms with Crippen LogP contribution in [0.25, 0.3) is 0 Å². The Labute approximate surface area is 556 Å². The van der Waals surface area contributed by atoms with Crippen LogP contribution in [0.3, 0.4) is 0 Å². The van der Waals surface area contributed by atoms with Crippen molar-refractivity contribution in [2.24, 2.45) is 5.92 Å². The second-order valence-corrected chi connectivity index (χ2v) is 29.6. The van der Waals surface area contributed by atoms with Crippen LogP contribution in [0.5, 0.6) is 0 Å². The first-order valence-corrected chi connectivity index (χ1v) is 36.6. The van der Waals surface area contributed by atoms with Crippen molar-refractivity contribution in [3.05, 3.63) is 194 Å². The standard InChI is InChI=1S/C24H32N2S.C19H22N2S.C17H19N3S.C17H20N2S/c1-2-3-4-5-10-20-15-17-25(18-16-20)19-26-21-11-6-8-13-23(21)27-24-14-9-7-12-22(24)26;1-20-13-7-6-8-15(20)14-21-16-9-2-4-11-18(16)22-19-12-5-3-10-17(19)21;1-3-7-16-14(5-1)20(13-19-11-9-18-10-12-19)15-6-2-4-8-17(15)21-16;1-13(18(2)3)12-19-14-8-4-6-10-16(14)20-17-11-7-5-9-15(17)19/h6-9,11-14,20H,2-5,10,15-19H2,1H3;2-5,9-12,15H,6-8,13-14H2,1H3;1-8,18H,9-13H2;4-11,13H,12H2,1-3H3. The van der Waals surface area contributed by atoms with Crippen LogP contribution in [0.15, 0.2) is 233 Å². The van der Waals surface area contributed by atoms with E-state index in [1.54, 1.807) is 0 Å². The number of unbranched alkanes of at least 4 members (excludes halogenated alkanes) is 3. The van der Waals surface area contributed by atoms with Gasteiger partial charge in [-0.25, -0.2) is 0 Å². The smallest absolute Gasteiger partial charge is 0.0758 e. The van der Waals surface area contributed by atoms with E-state index in [1.807, 2.05) is 47.0 Å². The van der Waals surface area contributed by atoms with Gasteiger partial charge in [0.15, 0.2) is 0 Å². The molecule has 13 heteroatoms. The lowest BCUT2D eigenvalue weighted by Gasteiger charge is -2.39. The number of hydrogen-bond donors (Lipinski definition) is 1. The van der Waals surface area contributed by atoms with Crippen molar-refractivity contribution in [1.29, 1.82) is 0 Å². The molecule has 0 aromatic heterocycles. The number of benzene rings is 8. The molecule has 8 aromatic rings. The molecule has 7 aliphatic heterocycles. The normalized spacial score (nSPS) is 18.0. The van der Waals surface area contributed by atoms with Gasteiger partial charge in [-0.15, -0.1) is 0 Å². The highest BCUT2D eigenvalue weighted by molar-refractivity contribution is 8.00. The number of piperazine rings is 1. The lowest BCUT2D eigenvalue weighted by atomic mass is 9.91. The Bertz CT molecular complexity index is 3400. The minimum absolute atomic E-state index is 0.499. The number of nitrogens with one attached hydrogen (secondary N) is 1. The topological polar surface area (TPSA) is 38.0 Å². The molecule has 15 rings (SSSR count). The molecule has 8 aromatic carbocycles. The van der Waals surface area contributed by atoms with E-state index in [4.69, 9.17) is 0 Å². The molecule has 3 fully saturated rings. The molecule has 0 bridgehead atoms.